The molecule has 3 heterocycles. The van der Waals surface area contributed by atoms with E-state index in [1.807, 2.05) is 18.3 Å². The van der Waals surface area contributed by atoms with E-state index in [0.717, 1.165) is 37.2 Å². The molecule has 6 heteroatoms. The minimum Gasteiger partial charge on any atom is -0.349 e. The van der Waals surface area contributed by atoms with Crippen molar-refractivity contribution in [1.82, 2.24) is 25.1 Å². The Labute approximate surface area is 136 Å². The lowest BCUT2D eigenvalue weighted by Crippen LogP contribution is -2.58. The minimum atomic E-state index is -0.116. The van der Waals surface area contributed by atoms with E-state index in [2.05, 4.69) is 46.0 Å². The van der Waals surface area contributed by atoms with E-state index >= 15 is 0 Å². The number of piperazine rings is 1. The molecule has 124 valence electrons. The molecule has 3 rings (SSSR count). The number of carbonyl (C=O) groups is 1. The van der Waals surface area contributed by atoms with Gasteiger partial charge in [0.1, 0.15) is 11.3 Å². The first-order valence-corrected chi connectivity index (χ1v) is 8.12. The number of H-pyrrole nitrogens is 1. The second-order valence-electron chi connectivity index (χ2n) is 6.88. The molecule has 1 fully saturated rings. The maximum atomic E-state index is 12.2. The van der Waals surface area contributed by atoms with Crippen LogP contribution in [0, 0.1) is 0 Å². The minimum absolute atomic E-state index is 0.116. The number of amides is 1. The lowest BCUT2D eigenvalue weighted by molar-refractivity contribution is 0.0405. The first-order valence-electron chi connectivity index (χ1n) is 8.12. The third-order valence-corrected chi connectivity index (χ3v) is 4.75. The van der Waals surface area contributed by atoms with E-state index in [1.54, 1.807) is 6.07 Å². The second kappa shape index (κ2) is 6.29. The Morgan fingerprint density at radius 2 is 2.17 bits per heavy atom. The number of likely N-dealkylation sites (N-methyl/N-ethyl adjacent to an activating group) is 1. The van der Waals surface area contributed by atoms with Crippen molar-refractivity contribution in [3.63, 3.8) is 0 Å². The highest BCUT2D eigenvalue weighted by atomic mass is 16.1. The molecular weight excluding hydrogens is 290 g/mol. The monoisotopic (exact) mass is 315 g/mol. The zero-order valence-corrected chi connectivity index (χ0v) is 14.1. The smallest absolute Gasteiger partial charge is 0.270 e. The Morgan fingerprint density at radius 1 is 1.35 bits per heavy atom. The van der Waals surface area contributed by atoms with Crippen molar-refractivity contribution in [2.75, 3.05) is 39.8 Å². The summed E-state index contributed by atoms with van der Waals surface area (Å²) >= 11 is 0. The largest absolute Gasteiger partial charge is 0.349 e. The van der Waals surface area contributed by atoms with Crippen LogP contribution in [-0.2, 0) is 0 Å². The molecule has 6 nitrogen and oxygen atoms in total. The number of nitrogens with zero attached hydrogens (tertiary/aromatic N) is 3. The summed E-state index contributed by atoms with van der Waals surface area (Å²) in [6.07, 6.45) is 1.83. The number of hydrogen-bond acceptors (Lipinski definition) is 4. The van der Waals surface area contributed by atoms with Crippen LogP contribution in [0.5, 0.6) is 0 Å². The van der Waals surface area contributed by atoms with Crippen LogP contribution in [0.1, 0.15) is 24.3 Å². The Hall–Kier alpha value is -1.92. The number of hydrogen-bond donors (Lipinski definition) is 2. The summed E-state index contributed by atoms with van der Waals surface area (Å²) in [5.74, 6) is -0.116. The first kappa shape index (κ1) is 16.0. The van der Waals surface area contributed by atoms with Gasteiger partial charge in [0.05, 0.1) is 0 Å². The Morgan fingerprint density at radius 3 is 2.96 bits per heavy atom. The van der Waals surface area contributed by atoms with Gasteiger partial charge in [-0.1, -0.05) is 0 Å². The Bertz CT molecular complexity index is 693. The third kappa shape index (κ3) is 3.54. The molecule has 0 unspecified atom stereocenters. The number of carbonyl (C=O) groups excluding carboxylic acids is 1. The molecule has 1 aliphatic rings. The van der Waals surface area contributed by atoms with Crippen molar-refractivity contribution >= 4 is 16.9 Å². The molecule has 0 aliphatic carbocycles. The molecule has 0 bridgehead atoms. The molecule has 23 heavy (non-hydrogen) atoms. The van der Waals surface area contributed by atoms with E-state index < -0.39 is 0 Å². The maximum absolute atomic E-state index is 12.2. The molecule has 0 atom stereocenters. The van der Waals surface area contributed by atoms with Gasteiger partial charge in [-0.2, -0.15) is 0 Å². The average molecular weight is 315 g/mol. The number of rotatable bonds is 4. The van der Waals surface area contributed by atoms with Crippen molar-refractivity contribution in [1.29, 1.82) is 0 Å². The van der Waals surface area contributed by atoms with Crippen LogP contribution in [-0.4, -0.2) is 71.0 Å². The Kier molecular flexibility index (Phi) is 4.37. The number of aromatic amines is 1. The van der Waals surface area contributed by atoms with Crippen molar-refractivity contribution in [2.24, 2.45) is 0 Å². The predicted molar refractivity (Wildman–Crippen MR) is 91.6 cm³/mol. The van der Waals surface area contributed by atoms with Gasteiger partial charge < -0.3 is 10.3 Å². The van der Waals surface area contributed by atoms with E-state index in [-0.39, 0.29) is 11.4 Å². The number of pyridine rings is 1. The van der Waals surface area contributed by atoms with Gasteiger partial charge in [0.25, 0.3) is 5.91 Å². The molecule has 1 aliphatic heterocycles. The molecule has 1 saturated heterocycles. The fraction of sp³-hybridized carbons (Fsp3) is 0.529. The fourth-order valence-electron chi connectivity index (χ4n) is 3.01. The van der Waals surface area contributed by atoms with Gasteiger partial charge in [-0.05, 0) is 39.1 Å². The van der Waals surface area contributed by atoms with Gasteiger partial charge in [0.15, 0.2) is 0 Å². The van der Waals surface area contributed by atoms with E-state index in [0.29, 0.717) is 12.2 Å². The van der Waals surface area contributed by atoms with Crippen LogP contribution < -0.4 is 5.32 Å². The molecule has 0 aromatic carbocycles. The first-order chi connectivity index (χ1) is 11.0. The molecule has 2 N–H and O–H groups in total. The van der Waals surface area contributed by atoms with Gasteiger partial charge in [-0.25, -0.2) is 4.98 Å². The summed E-state index contributed by atoms with van der Waals surface area (Å²) in [5.41, 5.74) is 1.39. The number of aromatic nitrogens is 2. The van der Waals surface area contributed by atoms with Crippen LogP contribution in [0.3, 0.4) is 0 Å². The predicted octanol–water partition coefficient (Wildman–Crippen LogP) is 1.32. The lowest BCUT2D eigenvalue weighted by Gasteiger charge is -2.45. The van der Waals surface area contributed by atoms with Crippen molar-refractivity contribution in [3.8, 4) is 0 Å². The number of nitrogens with one attached hydrogen (secondary N) is 2. The summed E-state index contributed by atoms with van der Waals surface area (Å²) in [5, 5.41) is 3.99. The molecule has 0 saturated carbocycles. The molecule has 2 aromatic heterocycles. The number of fused-ring (bicyclic) bond motifs is 1. The summed E-state index contributed by atoms with van der Waals surface area (Å²) in [6, 6.07) is 5.63. The maximum Gasteiger partial charge on any atom is 0.270 e. The van der Waals surface area contributed by atoms with Crippen LogP contribution in [0.15, 0.2) is 24.4 Å². The van der Waals surface area contributed by atoms with Gasteiger partial charge >= 0.3 is 0 Å². The highest BCUT2D eigenvalue weighted by Crippen LogP contribution is 2.18. The van der Waals surface area contributed by atoms with Gasteiger partial charge in [0.2, 0.25) is 0 Å². The molecule has 1 amide bonds. The van der Waals surface area contributed by atoms with E-state index in [1.165, 1.54) is 0 Å². The van der Waals surface area contributed by atoms with E-state index in [9.17, 15) is 4.79 Å². The standard InChI is InChI=1S/C17H25N5O/c1-17(2)12-22(11-10-21(17)3)9-8-19-16(23)14-5-4-13-6-7-18-15(13)20-14/h4-7H,8-12H2,1-3H3,(H,18,20)(H,19,23). The van der Waals surface area contributed by atoms with Crippen LogP contribution in [0.2, 0.25) is 0 Å². The van der Waals surface area contributed by atoms with Crippen molar-refractivity contribution in [3.05, 3.63) is 30.1 Å². The summed E-state index contributed by atoms with van der Waals surface area (Å²) < 4.78 is 0. The average Bonchev–Trinajstić information content (AvgIpc) is 2.98. The molecule has 0 spiro atoms. The molecule has 2 aromatic rings. The summed E-state index contributed by atoms with van der Waals surface area (Å²) in [6.45, 7) is 9.15. The van der Waals surface area contributed by atoms with Crippen LogP contribution >= 0.6 is 0 Å². The summed E-state index contributed by atoms with van der Waals surface area (Å²) in [7, 11) is 2.17. The zero-order chi connectivity index (χ0) is 16.4. The SMILES string of the molecule is CN1CCN(CCNC(=O)c2ccc3cc[nH]c3n2)CC1(C)C. The third-order valence-electron chi connectivity index (χ3n) is 4.75. The Balaban J connectivity index is 1.51. The van der Waals surface area contributed by atoms with Gasteiger partial charge in [0, 0.05) is 49.8 Å². The quantitative estimate of drug-likeness (QED) is 0.893. The molecule has 0 radical (unpaired) electrons. The molecular formula is C17H25N5O. The fourth-order valence-corrected chi connectivity index (χ4v) is 3.01. The van der Waals surface area contributed by atoms with Crippen molar-refractivity contribution < 1.29 is 4.79 Å². The second-order valence-corrected chi connectivity index (χ2v) is 6.88. The van der Waals surface area contributed by atoms with E-state index in [4.69, 9.17) is 0 Å². The zero-order valence-electron chi connectivity index (χ0n) is 14.1. The normalized spacial score (nSPS) is 19.1. The van der Waals surface area contributed by atoms with Gasteiger partial charge in [-0.15, -0.1) is 0 Å². The van der Waals surface area contributed by atoms with Crippen LogP contribution in [0.25, 0.3) is 11.0 Å². The summed E-state index contributed by atoms with van der Waals surface area (Å²) in [4.78, 5) is 24.4. The topological polar surface area (TPSA) is 64.3 Å². The lowest BCUT2D eigenvalue weighted by atomic mass is 10.00. The highest BCUT2D eigenvalue weighted by molar-refractivity contribution is 5.94. The highest BCUT2D eigenvalue weighted by Gasteiger charge is 2.30. The van der Waals surface area contributed by atoms with Crippen LogP contribution in [0.4, 0.5) is 0 Å². The van der Waals surface area contributed by atoms with Crippen molar-refractivity contribution in [2.45, 2.75) is 19.4 Å². The van der Waals surface area contributed by atoms with Gasteiger partial charge in [-0.3, -0.25) is 14.6 Å².